The van der Waals surface area contributed by atoms with Gasteiger partial charge in [0.25, 0.3) is 5.56 Å². The number of rotatable bonds is 3. The molecule has 1 N–H and O–H groups in total. The Labute approximate surface area is 136 Å². The highest BCUT2D eigenvalue weighted by Gasteiger charge is 2.26. The highest BCUT2D eigenvalue weighted by atomic mass is 35.5. The van der Waals surface area contributed by atoms with Crippen LogP contribution in [0.25, 0.3) is 0 Å². The van der Waals surface area contributed by atoms with E-state index in [4.69, 9.17) is 11.6 Å². The van der Waals surface area contributed by atoms with Gasteiger partial charge >= 0.3 is 0 Å². The van der Waals surface area contributed by atoms with Crippen LogP contribution in [0.1, 0.15) is 18.0 Å². The number of anilines is 1. The molecule has 5 nitrogen and oxygen atoms in total. The summed E-state index contributed by atoms with van der Waals surface area (Å²) in [6.07, 6.45) is 1.73. The van der Waals surface area contributed by atoms with E-state index in [9.17, 15) is 9.59 Å². The topological polar surface area (TPSA) is 64.0 Å². The lowest BCUT2D eigenvalue weighted by Gasteiger charge is -2.13. The number of hydrogen-bond donors (Lipinski definition) is 1. The zero-order chi connectivity index (χ0) is 15.7. The predicted molar refractivity (Wildman–Crippen MR) is 87.7 cm³/mol. The lowest BCUT2D eigenvalue weighted by Crippen LogP contribution is -2.26. The van der Waals surface area contributed by atoms with Crippen LogP contribution in [0.4, 0.5) is 5.69 Å². The molecular formula is C15H14ClN3O2S. The molecule has 0 bridgehead atoms. The Morgan fingerprint density at radius 3 is 3.09 bits per heavy atom. The second-order valence-electron chi connectivity index (χ2n) is 5.12. The summed E-state index contributed by atoms with van der Waals surface area (Å²) in [5.41, 5.74) is 1.49. The minimum atomic E-state index is -0.165. The molecule has 0 spiro atoms. The minimum Gasteiger partial charge on any atom is -0.326 e. The van der Waals surface area contributed by atoms with Gasteiger partial charge in [0.15, 0.2) is 5.16 Å². The Morgan fingerprint density at radius 2 is 2.32 bits per heavy atom. The van der Waals surface area contributed by atoms with Gasteiger partial charge in [0.05, 0.1) is 6.04 Å². The molecule has 1 aliphatic rings. The van der Waals surface area contributed by atoms with Crippen molar-refractivity contribution in [3.8, 4) is 0 Å². The average molecular weight is 336 g/mol. The van der Waals surface area contributed by atoms with Crippen molar-refractivity contribution in [2.24, 2.45) is 0 Å². The minimum absolute atomic E-state index is 0.119. The number of benzene rings is 1. The van der Waals surface area contributed by atoms with Gasteiger partial charge in [0, 0.05) is 35.1 Å². The molecule has 1 unspecified atom stereocenters. The Morgan fingerprint density at radius 1 is 1.50 bits per heavy atom. The van der Waals surface area contributed by atoms with Crippen LogP contribution < -0.4 is 10.9 Å². The van der Waals surface area contributed by atoms with Gasteiger partial charge < -0.3 is 5.32 Å². The van der Waals surface area contributed by atoms with Crippen LogP contribution in [0.15, 0.2) is 40.4 Å². The van der Waals surface area contributed by atoms with Crippen LogP contribution in [-0.2, 0) is 4.79 Å². The Hall–Kier alpha value is -1.79. The molecule has 2 aromatic rings. The third-order valence-electron chi connectivity index (χ3n) is 3.49. The van der Waals surface area contributed by atoms with Crippen LogP contribution in [-0.4, -0.2) is 21.2 Å². The molecule has 1 aromatic carbocycles. The summed E-state index contributed by atoms with van der Waals surface area (Å²) in [5.74, 6) is 0.531. The zero-order valence-electron chi connectivity index (χ0n) is 11.9. The van der Waals surface area contributed by atoms with Crippen molar-refractivity contribution in [2.75, 3.05) is 11.1 Å². The first-order chi connectivity index (χ1) is 10.5. The van der Waals surface area contributed by atoms with E-state index in [2.05, 4.69) is 10.3 Å². The third kappa shape index (κ3) is 3.03. The van der Waals surface area contributed by atoms with E-state index in [1.165, 1.54) is 24.0 Å². The molecule has 0 saturated carbocycles. The summed E-state index contributed by atoms with van der Waals surface area (Å²) in [4.78, 5) is 28.3. The molecular weight excluding hydrogens is 322 g/mol. The fourth-order valence-corrected chi connectivity index (χ4v) is 3.64. The molecule has 22 heavy (non-hydrogen) atoms. The number of nitrogens with one attached hydrogen (secondary N) is 1. The molecule has 1 amide bonds. The summed E-state index contributed by atoms with van der Waals surface area (Å²) in [6, 6.07) is 6.64. The number of thioether (sulfide) groups is 1. The summed E-state index contributed by atoms with van der Waals surface area (Å²) in [6.45, 7) is 1.90. The number of nitrogens with zero attached hydrogens (tertiary/aromatic N) is 2. The first kappa shape index (κ1) is 15.1. The number of amides is 1. The molecule has 0 radical (unpaired) electrons. The van der Waals surface area contributed by atoms with Gasteiger partial charge in [-0.1, -0.05) is 29.4 Å². The van der Waals surface area contributed by atoms with Gasteiger partial charge in [0.2, 0.25) is 5.91 Å². The first-order valence-electron chi connectivity index (χ1n) is 6.81. The lowest BCUT2D eigenvalue weighted by molar-refractivity contribution is -0.116. The maximum absolute atomic E-state index is 12.2. The van der Waals surface area contributed by atoms with Crippen molar-refractivity contribution in [3.05, 3.63) is 51.4 Å². The third-order valence-corrected chi connectivity index (χ3v) is 5.01. The van der Waals surface area contributed by atoms with E-state index in [1.807, 2.05) is 19.1 Å². The first-order valence-corrected chi connectivity index (χ1v) is 8.17. The van der Waals surface area contributed by atoms with Crippen LogP contribution in [0, 0.1) is 6.92 Å². The Kier molecular flexibility index (Phi) is 4.22. The fourth-order valence-electron chi connectivity index (χ4n) is 2.34. The van der Waals surface area contributed by atoms with Crippen molar-refractivity contribution in [1.82, 2.24) is 9.55 Å². The summed E-state index contributed by atoms with van der Waals surface area (Å²) < 4.78 is 1.59. The van der Waals surface area contributed by atoms with Crippen molar-refractivity contribution in [2.45, 2.75) is 24.5 Å². The fraction of sp³-hybridized carbons (Fsp3) is 0.267. The van der Waals surface area contributed by atoms with Gasteiger partial charge in [-0.05, 0) is 24.6 Å². The number of aromatic nitrogens is 2. The van der Waals surface area contributed by atoms with E-state index >= 15 is 0 Å². The van der Waals surface area contributed by atoms with E-state index in [1.54, 1.807) is 10.6 Å². The molecule has 3 rings (SSSR count). The number of fused-ring (bicyclic) bond motifs is 1. The van der Waals surface area contributed by atoms with Crippen molar-refractivity contribution in [1.29, 1.82) is 0 Å². The number of carbonyl (C=O) groups is 1. The smallest absolute Gasteiger partial charge is 0.254 e. The normalized spacial score (nSPS) is 16.4. The van der Waals surface area contributed by atoms with Crippen LogP contribution in [0.2, 0.25) is 5.02 Å². The molecule has 114 valence electrons. The highest BCUT2D eigenvalue weighted by molar-refractivity contribution is 7.99. The van der Waals surface area contributed by atoms with E-state index in [-0.39, 0.29) is 23.9 Å². The van der Waals surface area contributed by atoms with Crippen LogP contribution in [0.5, 0.6) is 0 Å². The summed E-state index contributed by atoms with van der Waals surface area (Å²) in [7, 11) is 0. The monoisotopic (exact) mass is 335 g/mol. The number of carbonyl (C=O) groups excluding carboxylic acids is 1. The highest BCUT2D eigenvalue weighted by Crippen LogP contribution is 2.31. The Bertz CT molecular complexity index is 791. The summed E-state index contributed by atoms with van der Waals surface area (Å²) in [5, 5.41) is 4.10. The molecule has 1 aromatic heterocycles. The predicted octanol–water partition coefficient (Wildman–Crippen LogP) is 2.88. The second kappa shape index (κ2) is 6.14. The Balaban J connectivity index is 1.71. The van der Waals surface area contributed by atoms with Gasteiger partial charge in [-0.15, -0.1) is 0 Å². The molecule has 1 aliphatic heterocycles. The second-order valence-corrected chi connectivity index (χ2v) is 6.51. The van der Waals surface area contributed by atoms with Gasteiger partial charge in [-0.3, -0.25) is 14.2 Å². The van der Waals surface area contributed by atoms with E-state index in [0.29, 0.717) is 21.6 Å². The largest absolute Gasteiger partial charge is 0.326 e. The molecule has 1 atom stereocenters. The lowest BCUT2D eigenvalue weighted by atomic mass is 10.2. The van der Waals surface area contributed by atoms with E-state index < -0.39 is 0 Å². The quantitative estimate of drug-likeness (QED) is 0.876. The van der Waals surface area contributed by atoms with Gasteiger partial charge in [-0.2, -0.15) is 0 Å². The molecule has 0 fully saturated rings. The maximum atomic E-state index is 12.2. The average Bonchev–Trinajstić information content (AvgIpc) is 2.87. The van der Waals surface area contributed by atoms with Crippen LogP contribution in [0.3, 0.4) is 0 Å². The summed E-state index contributed by atoms with van der Waals surface area (Å²) >= 11 is 7.54. The molecule has 0 aliphatic carbocycles. The maximum Gasteiger partial charge on any atom is 0.254 e. The zero-order valence-corrected chi connectivity index (χ0v) is 13.4. The van der Waals surface area contributed by atoms with Crippen LogP contribution >= 0.6 is 23.4 Å². The van der Waals surface area contributed by atoms with E-state index in [0.717, 1.165) is 5.56 Å². The molecule has 2 heterocycles. The molecule has 0 saturated heterocycles. The van der Waals surface area contributed by atoms with Crippen molar-refractivity contribution >= 4 is 35.0 Å². The van der Waals surface area contributed by atoms with Crippen molar-refractivity contribution in [3.63, 3.8) is 0 Å². The molecule has 7 heteroatoms. The standard InChI is InChI=1S/C15H14ClN3O2S/c1-9-2-3-10(6-12(9)16)18-13(20)7-11-8-22-15-17-5-4-14(21)19(11)15/h2-6,11H,7-8H2,1H3,(H,18,20). The number of aryl methyl sites for hydroxylation is 1. The van der Waals surface area contributed by atoms with Gasteiger partial charge in [-0.25, -0.2) is 4.98 Å². The SMILES string of the molecule is Cc1ccc(NC(=O)CC2CSc3nccc(=O)n32)cc1Cl. The van der Waals surface area contributed by atoms with Crippen molar-refractivity contribution < 1.29 is 4.79 Å². The number of halogens is 1. The number of hydrogen-bond acceptors (Lipinski definition) is 4. The van der Waals surface area contributed by atoms with Gasteiger partial charge in [0.1, 0.15) is 0 Å².